The van der Waals surface area contributed by atoms with Crippen LogP contribution in [0, 0.1) is 11.3 Å². The normalized spacial score (nSPS) is 11.6. The van der Waals surface area contributed by atoms with Crippen LogP contribution in [0.4, 0.5) is 5.69 Å². The van der Waals surface area contributed by atoms with Gasteiger partial charge in [0.2, 0.25) is 5.91 Å². The lowest BCUT2D eigenvalue weighted by Gasteiger charge is -2.10. The van der Waals surface area contributed by atoms with Crippen molar-refractivity contribution in [3.63, 3.8) is 0 Å². The second-order valence-corrected chi connectivity index (χ2v) is 4.14. The van der Waals surface area contributed by atoms with Crippen molar-refractivity contribution < 1.29 is 4.79 Å². The highest BCUT2D eigenvalue weighted by Gasteiger charge is 2.04. The van der Waals surface area contributed by atoms with Gasteiger partial charge in [-0.2, -0.15) is 5.26 Å². The minimum Gasteiger partial charge on any atom is -0.326 e. The van der Waals surface area contributed by atoms with Crippen molar-refractivity contribution in [1.29, 1.82) is 5.26 Å². The minimum atomic E-state index is -0.108. The summed E-state index contributed by atoms with van der Waals surface area (Å²) in [6.45, 7) is 4.34. The largest absolute Gasteiger partial charge is 0.326 e. The maximum atomic E-state index is 11.4. The summed E-state index contributed by atoms with van der Waals surface area (Å²) in [5, 5.41) is 11.1. The maximum Gasteiger partial charge on any atom is 0.225 e. The minimum absolute atomic E-state index is 0.108. The Morgan fingerprint density at radius 1 is 1.41 bits per heavy atom. The Morgan fingerprint density at radius 3 is 2.59 bits per heavy atom. The fourth-order valence-electron chi connectivity index (χ4n) is 1.52. The van der Waals surface area contributed by atoms with E-state index >= 15 is 0 Å². The third kappa shape index (κ3) is 4.28. The van der Waals surface area contributed by atoms with Gasteiger partial charge in [0.1, 0.15) is 0 Å². The molecule has 3 nitrogen and oxygen atoms in total. The number of hydrogen-bond acceptors (Lipinski definition) is 2. The highest BCUT2D eigenvalue weighted by molar-refractivity contribution is 5.90. The molecule has 1 aromatic rings. The first kappa shape index (κ1) is 13.2. The molecule has 0 saturated carbocycles. The van der Waals surface area contributed by atoms with Crippen LogP contribution in [0.1, 0.15) is 44.6 Å². The van der Waals surface area contributed by atoms with Crippen LogP contribution in [0.2, 0.25) is 0 Å². The van der Waals surface area contributed by atoms with E-state index in [1.165, 1.54) is 5.56 Å². The van der Waals surface area contributed by atoms with Crippen molar-refractivity contribution in [2.45, 2.75) is 39.0 Å². The first-order valence-corrected chi connectivity index (χ1v) is 5.94. The molecule has 0 aliphatic rings. The third-order valence-corrected chi connectivity index (χ3v) is 2.84. The molecule has 3 heteroatoms. The Balaban J connectivity index is 2.57. The van der Waals surface area contributed by atoms with Gasteiger partial charge in [0.15, 0.2) is 0 Å². The predicted octanol–water partition coefficient (Wildman–Crippen LogP) is 3.44. The number of anilines is 1. The average Bonchev–Trinajstić information content (AvgIpc) is 2.36. The first-order valence-electron chi connectivity index (χ1n) is 5.94. The molecule has 1 atom stereocenters. The smallest absolute Gasteiger partial charge is 0.225 e. The highest BCUT2D eigenvalue weighted by atomic mass is 16.1. The fraction of sp³-hybridized carbons (Fsp3) is 0.429. The number of nitrogens with one attached hydrogen (secondary N) is 1. The number of hydrogen-bond donors (Lipinski definition) is 1. The van der Waals surface area contributed by atoms with Crippen molar-refractivity contribution in [1.82, 2.24) is 0 Å². The zero-order valence-corrected chi connectivity index (χ0v) is 10.4. The Morgan fingerprint density at radius 2 is 2.06 bits per heavy atom. The van der Waals surface area contributed by atoms with Gasteiger partial charge in [0.25, 0.3) is 0 Å². The van der Waals surface area contributed by atoms with Crippen LogP contribution in [-0.4, -0.2) is 5.91 Å². The van der Waals surface area contributed by atoms with E-state index in [2.05, 4.69) is 19.2 Å². The van der Waals surface area contributed by atoms with Crippen LogP contribution >= 0.6 is 0 Å². The monoisotopic (exact) mass is 230 g/mol. The lowest BCUT2D eigenvalue weighted by molar-refractivity contribution is -0.116. The number of carbonyl (C=O) groups is 1. The van der Waals surface area contributed by atoms with Gasteiger partial charge in [-0.25, -0.2) is 0 Å². The summed E-state index contributed by atoms with van der Waals surface area (Å²) in [4.78, 5) is 11.4. The third-order valence-electron chi connectivity index (χ3n) is 2.84. The van der Waals surface area contributed by atoms with E-state index in [0.717, 1.165) is 12.1 Å². The zero-order chi connectivity index (χ0) is 12.7. The van der Waals surface area contributed by atoms with Crippen molar-refractivity contribution >= 4 is 11.6 Å². The van der Waals surface area contributed by atoms with E-state index in [1.807, 2.05) is 30.3 Å². The van der Waals surface area contributed by atoms with Gasteiger partial charge < -0.3 is 5.32 Å². The Labute approximate surface area is 102 Å². The van der Waals surface area contributed by atoms with E-state index in [-0.39, 0.29) is 18.7 Å². The standard InChI is InChI=1S/C14H18N2O/c1-3-11(2)12-6-8-13(9-7-12)16-14(17)5-4-10-15/h6-9,11H,3-5H2,1-2H3,(H,16,17). The van der Waals surface area contributed by atoms with Gasteiger partial charge in [0, 0.05) is 18.5 Å². The topological polar surface area (TPSA) is 52.9 Å². The molecule has 0 aliphatic heterocycles. The first-order chi connectivity index (χ1) is 8.17. The van der Waals surface area contributed by atoms with Gasteiger partial charge in [-0.1, -0.05) is 26.0 Å². The zero-order valence-electron chi connectivity index (χ0n) is 10.4. The van der Waals surface area contributed by atoms with Crippen molar-refractivity contribution in [2.75, 3.05) is 5.32 Å². The molecule has 0 saturated heterocycles. The van der Waals surface area contributed by atoms with Gasteiger partial charge in [-0.05, 0) is 30.0 Å². The number of rotatable bonds is 5. The van der Waals surface area contributed by atoms with E-state index in [4.69, 9.17) is 5.26 Å². The number of nitrogens with zero attached hydrogens (tertiary/aromatic N) is 1. The summed E-state index contributed by atoms with van der Waals surface area (Å²) in [5.74, 6) is 0.432. The van der Waals surface area contributed by atoms with Crippen LogP contribution in [0.15, 0.2) is 24.3 Å². The molecule has 90 valence electrons. The van der Waals surface area contributed by atoms with E-state index in [9.17, 15) is 4.79 Å². The number of carbonyl (C=O) groups excluding carboxylic acids is 1. The number of nitriles is 1. The van der Waals surface area contributed by atoms with E-state index in [0.29, 0.717) is 5.92 Å². The molecule has 0 aromatic heterocycles. The molecule has 1 N–H and O–H groups in total. The lowest BCUT2D eigenvalue weighted by atomic mass is 9.99. The van der Waals surface area contributed by atoms with Crippen LogP contribution in [0.3, 0.4) is 0 Å². The SMILES string of the molecule is CCC(C)c1ccc(NC(=O)CCC#N)cc1. The molecular weight excluding hydrogens is 212 g/mol. The number of amides is 1. The van der Waals surface area contributed by atoms with E-state index in [1.54, 1.807) is 0 Å². The van der Waals surface area contributed by atoms with Crippen molar-refractivity contribution in [3.8, 4) is 6.07 Å². The molecule has 17 heavy (non-hydrogen) atoms. The summed E-state index contributed by atoms with van der Waals surface area (Å²) in [5.41, 5.74) is 2.07. The van der Waals surface area contributed by atoms with Crippen LogP contribution < -0.4 is 5.32 Å². The number of benzene rings is 1. The van der Waals surface area contributed by atoms with Gasteiger partial charge in [0.05, 0.1) is 6.07 Å². The molecule has 1 aromatic carbocycles. The summed E-state index contributed by atoms with van der Waals surface area (Å²) in [6.07, 6.45) is 1.62. The summed E-state index contributed by atoms with van der Waals surface area (Å²) >= 11 is 0. The molecule has 0 bridgehead atoms. The molecular formula is C14H18N2O. The van der Waals surface area contributed by atoms with Crippen LogP contribution in [0.5, 0.6) is 0 Å². The molecule has 0 spiro atoms. The fourth-order valence-corrected chi connectivity index (χ4v) is 1.52. The summed E-state index contributed by atoms with van der Waals surface area (Å²) < 4.78 is 0. The quantitative estimate of drug-likeness (QED) is 0.842. The van der Waals surface area contributed by atoms with Gasteiger partial charge in [-0.3, -0.25) is 4.79 Å². The maximum absolute atomic E-state index is 11.4. The predicted molar refractivity (Wildman–Crippen MR) is 68.6 cm³/mol. The van der Waals surface area contributed by atoms with Crippen LogP contribution in [0.25, 0.3) is 0 Å². The van der Waals surface area contributed by atoms with Crippen molar-refractivity contribution in [2.24, 2.45) is 0 Å². The molecule has 0 aliphatic carbocycles. The molecule has 1 amide bonds. The second-order valence-electron chi connectivity index (χ2n) is 4.14. The molecule has 0 fully saturated rings. The van der Waals surface area contributed by atoms with Crippen molar-refractivity contribution in [3.05, 3.63) is 29.8 Å². The molecule has 0 radical (unpaired) electrons. The molecule has 1 unspecified atom stereocenters. The van der Waals surface area contributed by atoms with Gasteiger partial charge in [-0.15, -0.1) is 0 Å². The summed E-state index contributed by atoms with van der Waals surface area (Å²) in [7, 11) is 0. The van der Waals surface area contributed by atoms with E-state index < -0.39 is 0 Å². The average molecular weight is 230 g/mol. The van der Waals surface area contributed by atoms with Gasteiger partial charge >= 0.3 is 0 Å². The molecule has 1 rings (SSSR count). The molecule has 0 heterocycles. The summed E-state index contributed by atoms with van der Waals surface area (Å²) in [6, 6.07) is 9.84. The Kier molecular flexibility index (Phi) is 5.22. The Hall–Kier alpha value is -1.82. The second kappa shape index (κ2) is 6.70. The Bertz CT molecular complexity index is 403. The lowest BCUT2D eigenvalue weighted by Crippen LogP contribution is -2.10. The van der Waals surface area contributed by atoms with Crippen LogP contribution in [-0.2, 0) is 4.79 Å². The highest BCUT2D eigenvalue weighted by Crippen LogP contribution is 2.20.